The molecular formula is C16H15NOS. The van der Waals surface area contributed by atoms with Crippen LogP contribution in [0.2, 0.25) is 0 Å². The molecule has 1 aromatic carbocycles. The number of carbonyl (C=O) groups is 1. The van der Waals surface area contributed by atoms with Crippen molar-refractivity contribution < 1.29 is 4.79 Å². The highest BCUT2D eigenvalue weighted by molar-refractivity contribution is 7.10. The number of aryl methyl sites for hydroxylation is 2. The monoisotopic (exact) mass is 269 g/mol. The summed E-state index contributed by atoms with van der Waals surface area (Å²) in [5.41, 5.74) is 2.37. The number of carbonyl (C=O) groups excluding carboxylic acids is 1. The summed E-state index contributed by atoms with van der Waals surface area (Å²) < 4.78 is 0. The van der Waals surface area contributed by atoms with Gasteiger partial charge in [0.15, 0.2) is 5.78 Å². The fraction of sp³-hybridized carbons (Fsp3) is 0.250. The first kappa shape index (κ1) is 13.5. The van der Waals surface area contributed by atoms with Crippen LogP contribution in [0, 0.1) is 18.3 Å². The number of ketones is 1. The minimum absolute atomic E-state index is 0.00760. The molecule has 0 aliphatic rings. The van der Waals surface area contributed by atoms with Crippen LogP contribution in [0.3, 0.4) is 0 Å². The van der Waals surface area contributed by atoms with Crippen LogP contribution in [0.4, 0.5) is 0 Å². The van der Waals surface area contributed by atoms with E-state index in [0.717, 1.165) is 4.88 Å². The van der Waals surface area contributed by atoms with E-state index in [1.165, 1.54) is 22.5 Å². The van der Waals surface area contributed by atoms with E-state index in [-0.39, 0.29) is 5.78 Å². The van der Waals surface area contributed by atoms with Gasteiger partial charge in [-0.25, -0.2) is 0 Å². The van der Waals surface area contributed by atoms with Gasteiger partial charge in [0.1, 0.15) is 5.92 Å². The molecule has 0 saturated heterocycles. The molecule has 0 radical (unpaired) electrons. The molecule has 96 valence electrons. The molecule has 19 heavy (non-hydrogen) atoms. The molecule has 0 N–H and O–H groups in total. The van der Waals surface area contributed by atoms with Crippen molar-refractivity contribution in [2.45, 2.75) is 25.7 Å². The van der Waals surface area contributed by atoms with Gasteiger partial charge in [0, 0.05) is 11.3 Å². The standard InChI is InChI=1S/C16H15NOS/c1-12-5-2-3-6-13(12)8-9-15(18)14(11-17)16-7-4-10-19-16/h2-7,10,14H,8-9H2,1H3. The molecule has 0 bridgehead atoms. The second-order valence-electron chi connectivity index (χ2n) is 4.47. The summed E-state index contributed by atoms with van der Waals surface area (Å²) in [5.74, 6) is -0.600. The third-order valence-corrected chi connectivity index (χ3v) is 4.12. The highest BCUT2D eigenvalue weighted by Crippen LogP contribution is 2.23. The van der Waals surface area contributed by atoms with Crippen LogP contribution in [0.1, 0.15) is 28.3 Å². The maximum Gasteiger partial charge on any atom is 0.155 e. The lowest BCUT2D eigenvalue weighted by atomic mass is 9.96. The lowest BCUT2D eigenvalue weighted by Crippen LogP contribution is -2.10. The largest absolute Gasteiger partial charge is 0.298 e. The van der Waals surface area contributed by atoms with Crippen LogP contribution in [-0.2, 0) is 11.2 Å². The van der Waals surface area contributed by atoms with Gasteiger partial charge < -0.3 is 0 Å². The molecule has 0 spiro atoms. The summed E-state index contributed by atoms with van der Waals surface area (Å²) in [6.45, 7) is 2.04. The molecule has 1 unspecified atom stereocenters. The van der Waals surface area contributed by atoms with Crippen molar-refractivity contribution in [3.8, 4) is 6.07 Å². The van der Waals surface area contributed by atoms with Crippen molar-refractivity contribution in [1.82, 2.24) is 0 Å². The molecule has 3 heteroatoms. The van der Waals surface area contributed by atoms with Crippen LogP contribution < -0.4 is 0 Å². The first-order chi connectivity index (χ1) is 9.22. The average molecular weight is 269 g/mol. The molecule has 1 atom stereocenters. The fourth-order valence-electron chi connectivity index (χ4n) is 2.04. The van der Waals surface area contributed by atoms with Gasteiger partial charge >= 0.3 is 0 Å². The van der Waals surface area contributed by atoms with Gasteiger partial charge in [-0.15, -0.1) is 11.3 Å². The van der Waals surface area contributed by atoms with Crippen molar-refractivity contribution in [2.24, 2.45) is 0 Å². The normalized spacial score (nSPS) is 11.8. The quantitative estimate of drug-likeness (QED) is 0.826. The van der Waals surface area contributed by atoms with Crippen LogP contribution in [-0.4, -0.2) is 5.78 Å². The van der Waals surface area contributed by atoms with Crippen LogP contribution in [0.5, 0.6) is 0 Å². The second kappa shape index (κ2) is 6.31. The van der Waals surface area contributed by atoms with Crippen LogP contribution in [0.25, 0.3) is 0 Å². The van der Waals surface area contributed by atoms with E-state index in [4.69, 9.17) is 5.26 Å². The first-order valence-electron chi connectivity index (χ1n) is 6.22. The Morgan fingerprint density at radius 2 is 2.11 bits per heavy atom. The maximum absolute atomic E-state index is 12.1. The Balaban J connectivity index is 2.02. The molecule has 0 fully saturated rings. The number of thiophene rings is 1. The Morgan fingerprint density at radius 3 is 2.74 bits per heavy atom. The van der Waals surface area contributed by atoms with Gasteiger partial charge in [-0.3, -0.25) is 4.79 Å². The summed E-state index contributed by atoms with van der Waals surface area (Å²) in [5, 5.41) is 11.1. The zero-order valence-corrected chi connectivity index (χ0v) is 11.6. The molecule has 1 aromatic heterocycles. The van der Waals surface area contributed by atoms with Crippen molar-refractivity contribution >= 4 is 17.1 Å². The second-order valence-corrected chi connectivity index (χ2v) is 5.45. The lowest BCUT2D eigenvalue weighted by Gasteiger charge is -2.07. The Hall–Kier alpha value is -1.92. The molecule has 2 aromatic rings. The topological polar surface area (TPSA) is 40.9 Å². The summed E-state index contributed by atoms with van der Waals surface area (Å²) in [7, 11) is 0. The fourth-order valence-corrected chi connectivity index (χ4v) is 2.83. The van der Waals surface area contributed by atoms with Crippen molar-refractivity contribution in [1.29, 1.82) is 5.26 Å². The molecule has 1 heterocycles. The smallest absolute Gasteiger partial charge is 0.155 e. The molecule has 0 saturated carbocycles. The van der Waals surface area contributed by atoms with Gasteiger partial charge in [0.25, 0.3) is 0 Å². The first-order valence-corrected chi connectivity index (χ1v) is 7.10. The zero-order valence-electron chi connectivity index (χ0n) is 10.8. The van der Waals surface area contributed by atoms with Gasteiger partial charge in [-0.2, -0.15) is 5.26 Å². The average Bonchev–Trinajstić information content (AvgIpc) is 2.92. The Bertz CT molecular complexity index is 595. The van der Waals surface area contributed by atoms with Gasteiger partial charge in [0.2, 0.25) is 0 Å². The predicted molar refractivity (Wildman–Crippen MR) is 77.2 cm³/mol. The minimum atomic E-state index is -0.607. The number of hydrogen-bond acceptors (Lipinski definition) is 3. The van der Waals surface area contributed by atoms with Crippen molar-refractivity contribution in [2.75, 3.05) is 0 Å². The minimum Gasteiger partial charge on any atom is -0.298 e. The summed E-state index contributed by atoms with van der Waals surface area (Å²) in [6.07, 6.45) is 1.12. The number of hydrogen-bond donors (Lipinski definition) is 0. The van der Waals surface area contributed by atoms with E-state index in [0.29, 0.717) is 12.8 Å². The summed E-state index contributed by atoms with van der Waals surface area (Å²) >= 11 is 1.47. The van der Waals surface area contributed by atoms with Gasteiger partial charge in [0.05, 0.1) is 6.07 Å². The van der Waals surface area contributed by atoms with Crippen molar-refractivity contribution in [3.63, 3.8) is 0 Å². The van der Waals surface area contributed by atoms with E-state index in [2.05, 4.69) is 6.07 Å². The molecule has 0 aliphatic heterocycles. The molecule has 0 aliphatic carbocycles. The van der Waals surface area contributed by atoms with E-state index >= 15 is 0 Å². The third-order valence-electron chi connectivity index (χ3n) is 3.18. The van der Waals surface area contributed by atoms with Gasteiger partial charge in [-0.05, 0) is 35.9 Å². The summed E-state index contributed by atoms with van der Waals surface area (Å²) in [4.78, 5) is 13.0. The zero-order chi connectivity index (χ0) is 13.7. The Morgan fingerprint density at radius 1 is 1.32 bits per heavy atom. The Kier molecular flexibility index (Phi) is 4.48. The van der Waals surface area contributed by atoms with Crippen LogP contribution in [0.15, 0.2) is 41.8 Å². The van der Waals surface area contributed by atoms with E-state index in [1.807, 2.05) is 48.7 Å². The molecule has 2 nitrogen and oxygen atoms in total. The predicted octanol–water partition coefficient (Wildman–Crippen LogP) is 3.87. The number of nitriles is 1. The van der Waals surface area contributed by atoms with E-state index in [9.17, 15) is 4.79 Å². The van der Waals surface area contributed by atoms with Gasteiger partial charge in [-0.1, -0.05) is 30.3 Å². The van der Waals surface area contributed by atoms with Crippen LogP contribution >= 0.6 is 11.3 Å². The van der Waals surface area contributed by atoms with E-state index < -0.39 is 5.92 Å². The molecular weight excluding hydrogens is 254 g/mol. The molecule has 0 amide bonds. The lowest BCUT2D eigenvalue weighted by molar-refractivity contribution is -0.119. The number of nitrogens with zero attached hydrogens (tertiary/aromatic N) is 1. The third kappa shape index (κ3) is 3.30. The van der Waals surface area contributed by atoms with Crippen molar-refractivity contribution in [3.05, 3.63) is 57.8 Å². The number of rotatable bonds is 5. The highest BCUT2D eigenvalue weighted by Gasteiger charge is 2.20. The Labute approximate surface area is 117 Å². The highest BCUT2D eigenvalue weighted by atomic mass is 32.1. The number of Topliss-reactive ketones (excluding diaryl/α,β-unsaturated/α-hetero) is 1. The number of benzene rings is 1. The van der Waals surface area contributed by atoms with E-state index in [1.54, 1.807) is 0 Å². The SMILES string of the molecule is Cc1ccccc1CCC(=O)C(C#N)c1cccs1. The summed E-state index contributed by atoms with van der Waals surface area (Å²) in [6, 6.07) is 13.9. The maximum atomic E-state index is 12.1. The molecule has 2 rings (SSSR count).